The number of hydrogen-bond acceptors (Lipinski definition) is 19. The number of aliphatic hydroxyl groups is 1. The highest BCUT2D eigenvalue weighted by Gasteiger charge is 2.41. The molecule has 6 heterocycles. The first kappa shape index (κ1) is 50.2. The lowest BCUT2D eigenvalue weighted by Gasteiger charge is -2.35. The number of nitrogens with zero attached hydrogens (tertiary/aromatic N) is 8. The molecule has 0 aliphatic carbocycles. The van der Waals surface area contributed by atoms with Crippen LogP contribution in [0.1, 0.15) is 46.8 Å². The van der Waals surface area contributed by atoms with Crippen molar-refractivity contribution < 1.29 is 40.9 Å². The van der Waals surface area contributed by atoms with Gasteiger partial charge in [-0.2, -0.15) is 35.4 Å². The van der Waals surface area contributed by atoms with Gasteiger partial charge in [-0.15, -0.1) is 34.3 Å². The second-order valence-electron chi connectivity index (χ2n) is 15.8. The normalized spacial score (nSPS) is 16.2. The number of hydrogen-bond donors (Lipinski definition) is 5. The summed E-state index contributed by atoms with van der Waals surface area (Å²) < 4.78 is 66.6. The zero-order valence-electron chi connectivity index (χ0n) is 37.5. The number of rotatable bonds is 13. The van der Waals surface area contributed by atoms with E-state index < -0.39 is 37.0 Å². The van der Waals surface area contributed by atoms with Crippen LogP contribution in [-0.2, 0) is 35.6 Å². The number of alkyl halides is 1. The number of carbonyl (C=O) groups excluding carboxylic acids is 1. The van der Waals surface area contributed by atoms with Gasteiger partial charge in [0.05, 0.1) is 36.0 Å². The molecule has 2 fully saturated rings. The molecular formula is C42H49ClN12O9S4. The molecule has 1 amide bonds. The van der Waals surface area contributed by atoms with E-state index in [4.69, 9.17) is 26.2 Å². The van der Waals surface area contributed by atoms with E-state index in [1.54, 1.807) is 44.0 Å². The highest BCUT2D eigenvalue weighted by molar-refractivity contribution is 7.87. The van der Waals surface area contributed by atoms with Gasteiger partial charge in [0, 0.05) is 74.5 Å². The Morgan fingerprint density at radius 3 is 1.66 bits per heavy atom. The van der Waals surface area contributed by atoms with E-state index in [1.807, 2.05) is 48.9 Å². The quantitative estimate of drug-likeness (QED) is 0.0837. The summed E-state index contributed by atoms with van der Waals surface area (Å²) in [7, 11) is -3.58. The van der Waals surface area contributed by atoms with Gasteiger partial charge in [-0.25, -0.2) is 34.6 Å². The minimum absolute atomic E-state index is 0.0246. The number of benzene rings is 2. The number of nitrogens with one attached hydrogen (secondary N) is 3. The highest BCUT2D eigenvalue weighted by atomic mass is 35.5. The molecule has 0 atom stereocenters. The van der Waals surface area contributed by atoms with E-state index in [0.29, 0.717) is 41.5 Å². The number of amides is 1. The molecule has 2 saturated heterocycles. The Morgan fingerprint density at radius 1 is 0.721 bits per heavy atom. The molecule has 26 heteroatoms. The molecule has 2 aromatic carbocycles. The molecule has 2 aliphatic rings. The SMILES string of the molecule is COC(=O)NS(=O)(=O)N1CCC(O)(c2ncc(-c3cc(C)cc(Nc4nccc(OC)n4)c3)s2)CC1.COc1ccnc(Nc2cc(C)cc(-c3cnc(C4(Cl)CCN(S(N)(=O)=O)CC4)s3)c2)n1. The first-order chi connectivity index (χ1) is 32.3. The predicted octanol–water partition coefficient (Wildman–Crippen LogP) is 5.94. The predicted molar refractivity (Wildman–Crippen MR) is 259 cm³/mol. The number of thiazole rings is 2. The Balaban J connectivity index is 0.000000203. The second kappa shape index (κ2) is 20.9. The number of carbonyl (C=O) groups is 1. The fourth-order valence-corrected chi connectivity index (χ4v) is 11.6. The number of ether oxygens (including phenoxy) is 3. The first-order valence-corrected chi connectivity index (χ1v) is 25.7. The lowest BCUT2D eigenvalue weighted by molar-refractivity contribution is -0.00992. The molecule has 21 nitrogen and oxygen atoms in total. The minimum Gasteiger partial charge on any atom is -0.481 e. The van der Waals surface area contributed by atoms with Crippen molar-refractivity contribution in [2.75, 3.05) is 58.1 Å². The Labute approximate surface area is 406 Å². The fraction of sp³-hybridized carbons (Fsp3) is 0.357. The lowest BCUT2D eigenvalue weighted by atomic mass is 9.93. The van der Waals surface area contributed by atoms with Gasteiger partial charge in [0.15, 0.2) is 0 Å². The number of aromatic nitrogens is 6. The van der Waals surface area contributed by atoms with E-state index in [2.05, 4.69) is 51.3 Å². The number of aryl methyl sites for hydroxylation is 2. The maximum absolute atomic E-state index is 12.3. The summed E-state index contributed by atoms with van der Waals surface area (Å²) in [5, 5.41) is 24.1. The number of piperidine rings is 2. The third kappa shape index (κ3) is 12.3. The van der Waals surface area contributed by atoms with E-state index in [-0.39, 0.29) is 39.0 Å². The van der Waals surface area contributed by atoms with Gasteiger partial charge in [0.25, 0.3) is 10.2 Å². The van der Waals surface area contributed by atoms with Crippen LogP contribution >= 0.6 is 34.3 Å². The molecule has 4 aromatic heterocycles. The van der Waals surface area contributed by atoms with Crippen molar-refractivity contribution >= 4 is 84.1 Å². The Bertz CT molecular complexity index is 2980. The topological polar surface area (TPSA) is 279 Å². The van der Waals surface area contributed by atoms with Crippen molar-refractivity contribution in [3.8, 4) is 32.6 Å². The second-order valence-corrected chi connectivity index (χ2v) is 21.8. The molecule has 2 aliphatic heterocycles. The maximum atomic E-state index is 12.3. The average molecular weight is 1030 g/mol. The van der Waals surface area contributed by atoms with Crippen molar-refractivity contribution in [3.63, 3.8) is 0 Å². The third-order valence-electron chi connectivity index (χ3n) is 10.9. The zero-order valence-corrected chi connectivity index (χ0v) is 41.5. The van der Waals surface area contributed by atoms with Crippen LogP contribution in [-0.4, -0.2) is 114 Å². The van der Waals surface area contributed by atoms with Crippen LogP contribution in [0.15, 0.2) is 73.3 Å². The molecule has 0 radical (unpaired) electrons. The van der Waals surface area contributed by atoms with Gasteiger partial charge >= 0.3 is 16.3 Å². The van der Waals surface area contributed by atoms with Crippen molar-refractivity contribution in [1.29, 1.82) is 0 Å². The van der Waals surface area contributed by atoms with Gasteiger partial charge in [0.1, 0.15) is 15.6 Å². The molecule has 0 saturated carbocycles. The van der Waals surface area contributed by atoms with E-state index in [9.17, 15) is 26.7 Å². The van der Waals surface area contributed by atoms with Crippen LogP contribution in [0.4, 0.5) is 28.1 Å². The highest BCUT2D eigenvalue weighted by Crippen LogP contribution is 2.44. The van der Waals surface area contributed by atoms with Crippen molar-refractivity contribution in [2.24, 2.45) is 5.14 Å². The molecule has 6 N–H and O–H groups in total. The van der Waals surface area contributed by atoms with Crippen LogP contribution in [0.25, 0.3) is 20.9 Å². The van der Waals surface area contributed by atoms with E-state index in [1.165, 1.54) is 34.1 Å². The molecule has 6 aromatic rings. The van der Waals surface area contributed by atoms with E-state index in [0.717, 1.165) is 59.8 Å². The first-order valence-electron chi connectivity index (χ1n) is 20.8. The summed E-state index contributed by atoms with van der Waals surface area (Å²) in [5.41, 5.74) is 4.29. The van der Waals surface area contributed by atoms with Gasteiger partial charge in [0.2, 0.25) is 23.7 Å². The lowest BCUT2D eigenvalue weighted by Crippen LogP contribution is -2.50. The molecule has 0 unspecified atom stereocenters. The maximum Gasteiger partial charge on any atom is 0.421 e. The van der Waals surface area contributed by atoms with Crippen LogP contribution < -0.4 is 30.0 Å². The summed E-state index contributed by atoms with van der Waals surface area (Å²) in [6.07, 6.45) is 6.83. The molecule has 0 bridgehead atoms. The fourth-order valence-electron chi connectivity index (χ4n) is 7.35. The zero-order chi connectivity index (χ0) is 48.9. The van der Waals surface area contributed by atoms with Crippen LogP contribution in [0.2, 0.25) is 0 Å². The summed E-state index contributed by atoms with van der Waals surface area (Å²) in [6, 6.07) is 15.3. The van der Waals surface area contributed by atoms with Crippen LogP contribution in [0.3, 0.4) is 0 Å². The summed E-state index contributed by atoms with van der Waals surface area (Å²) in [5.74, 6) is 1.75. The van der Waals surface area contributed by atoms with Crippen LogP contribution in [0.5, 0.6) is 11.8 Å². The number of halogens is 1. The largest absolute Gasteiger partial charge is 0.481 e. The number of methoxy groups -OCH3 is 3. The van der Waals surface area contributed by atoms with Crippen molar-refractivity contribution in [2.45, 2.75) is 50.0 Å². The summed E-state index contributed by atoms with van der Waals surface area (Å²) >= 11 is 9.71. The monoisotopic (exact) mass is 1030 g/mol. The van der Waals surface area contributed by atoms with Crippen LogP contribution in [0, 0.1) is 13.8 Å². The summed E-state index contributed by atoms with van der Waals surface area (Å²) in [4.78, 5) is 38.4. The van der Waals surface area contributed by atoms with Gasteiger partial charge in [-0.1, -0.05) is 12.1 Å². The summed E-state index contributed by atoms with van der Waals surface area (Å²) in [6.45, 7) is 4.57. The Morgan fingerprint density at radius 2 is 1.19 bits per heavy atom. The Hall–Kier alpha value is -5.64. The molecule has 362 valence electrons. The average Bonchev–Trinajstić information content (AvgIpc) is 4.02. The molecule has 68 heavy (non-hydrogen) atoms. The number of nitrogens with two attached hydrogens (primary N) is 1. The minimum atomic E-state index is -4.05. The molecule has 8 rings (SSSR count). The van der Waals surface area contributed by atoms with Crippen molar-refractivity contribution in [3.05, 3.63) is 94.5 Å². The van der Waals surface area contributed by atoms with E-state index >= 15 is 0 Å². The number of anilines is 4. The van der Waals surface area contributed by atoms with Gasteiger partial charge in [-0.05, 0) is 86.1 Å². The Kier molecular flexibility index (Phi) is 15.5. The molecular weight excluding hydrogens is 980 g/mol. The molecule has 0 spiro atoms. The van der Waals surface area contributed by atoms with Gasteiger partial charge in [-0.3, -0.25) is 0 Å². The smallest absolute Gasteiger partial charge is 0.421 e. The standard InChI is InChI=1S/C22H26N6O6S2.C20H23ClN6O3S2/c1-14-10-15(12-16(11-14)25-20-23-7-4-18(26-20)33-2)17-13-24-19(35-17)22(30)5-8-28(9-6-22)36(31,32)27-21(29)34-3;1-13-9-14(11-15(10-13)25-19-23-6-3-17(26-19)30-2)16-12-24-18(31-16)20(21)4-7-27(8-5-20)32(22,28)29/h4,7,10-13,30H,5-6,8-9H2,1-3H3,(H,27,29)(H,23,25,26);3,6,9-12H,4-5,7-8H2,1-2H3,(H2,22,28,29)(H,23,25,26). The van der Waals surface area contributed by atoms with Crippen molar-refractivity contribution in [1.82, 2.24) is 43.2 Å². The third-order valence-corrected chi connectivity index (χ3v) is 16.6. The van der Waals surface area contributed by atoms with Gasteiger partial charge < -0.3 is 30.0 Å².